The number of hydrogen-bond acceptors (Lipinski definition) is 6. The molecule has 2 aromatic carbocycles. The normalized spacial score (nSPS) is 14.5. The van der Waals surface area contributed by atoms with Crippen molar-refractivity contribution in [2.75, 3.05) is 13.1 Å². The fraction of sp³-hybridized carbons (Fsp3) is 0.412. The zero-order valence-corrected chi connectivity index (χ0v) is 29.0. The number of nitrogens with zero attached hydrogens (tertiary/aromatic N) is 6. The number of benzene rings is 2. The molecule has 2 aromatic heterocycles. The molecular formula is C34H39BrF2N6O4. The summed E-state index contributed by atoms with van der Waals surface area (Å²) >= 11 is 3.57. The molecule has 0 saturated carbocycles. The van der Waals surface area contributed by atoms with Crippen molar-refractivity contribution in [3.05, 3.63) is 82.1 Å². The summed E-state index contributed by atoms with van der Waals surface area (Å²) in [6, 6.07) is 14.4. The predicted molar refractivity (Wildman–Crippen MR) is 176 cm³/mol. The Morgan fingerprint density at radius 3 is 1.72 bits per heavy atom. The molecule has 2 aliphatic rings. The third kappa shape index (κ3) is 8.56. The van der Waals surface area contributed by atoms with Crippen molar-refractivity contribution >= 4 is 28.1 Å². The van der Waals surface area contributed by atoms with Gasteiger partial charge in [-0.1, -0.05) is 0 Å². The number of carbonyl (C=O) groups excluding carboxylic acids is 2. The summed E-state index contributed by atoms with van der Waals surface area (Å²) in [6.07, 6.45) is -0.640. The van der Waals surface area contributed by atoms with Gasteiger partial charge in [-0.15, -0.1) is 0 Å². The Hall–Kier alpha value is -4.26. The summed E-state index contributed by atoms with van der Waals surface area (Å²) in [4.78, 5) is 27.8. The molecule has 0 radical (unpaired) electrons. The van der Waals surface area contributed by atoms with Crippen LogP contribution in [0.15, 0.2) is 59.1 Å². The highest BCUT2D eigenvalue weighted by molar-refractivity contribution is 9.10. The average molecular weight is 714 g/mol. The molecule has 0 bridgehead atoms. The van der Waals surface area contributed by atoms with E-state index in [2.05, 4.69) is 26.1 Å². The van der Waals surface area contributed by atoms with Crippen LogP contribution in [0, 0.1) is 11.6 Å². The molecule has 0 unspecified atom stereocenters. The molecule has 4 heterocycles. The van der Waals surface area contributed by atoms with Crippen molar-refractivity contribution in [2.45, 2.75) is 78.9 Å². The first-order chi connectivity index (χ1) is 22.1. The van der Waals surface area contributed by atoms with Gasteiger partial charge in [0.15, 0.2) is 0 Å². The molecule has 13 heteroatoms. The number of ether oxygens (including phenoxy) is 2. The first-order valence-corrected chi connectivity index (χ1v) is 16.2. The van der Waals surface area contributed by atoms with Crippen molar-refractivity contribution in [1.82, 2.24) is 29.4 Å². The fourth-order valence-corrected chi connectivity index (χ4v) is 5.71. The smallest absolute Gasteiger partial charge is 0.410 e. The monoisotopic (exact) mass is 712 g/mol. The topological polar surface area (TPSA) is 94.7 Å². The van der Waals surface area contributed by atoms with Gasteiger partial charge in [-0.25, -0.2) is 18.4 Å². The summed E-state index contributed by atoms with van der Waals surface area (Å²) in [6.45, 7) is 14.3. The van der Waals surface area contributed by atoms with E-state index in [4.69, 9.17) is 9.47 Å². The maximum atomic E-state index is 13.1. The highest BCUT2D eigenvalue weighted by Crippen LogP contribution is 2.33. The third-order valence-electron chi connectivity index (χ3n) is 7.27. The van der Waals surface area contributed by atoms with Crippen molar-refractivity contribution in [3.8, 4) is 22.5 Å². The second kappa shape index (κ2) is 13.5. The van der Waals surface area contributed by atoms with E-state index < -0.39 is 11.2 Å². The Labute approximate surface area is 281 Å². The lowest BCUT2D eigenvalue weighted by molar-refractivity contribution is 0.0184. The van der Waals surface area contributed by atoms with E-state index in [-0.39, 0.29) is 23.8 Å². The van der Waals surface area contributed by atoms with Gasteiger partial charge in [0, 0.05) is 24.2 Å². The van der Waals surface area contributed by atoms with Crippen LogP contribution in [0.25, 0.3) is 22.5 Å². The lowest BCUT2D eigenvalue weighted by Crippen LogP contribution is -2.41. The lowest BCUT2D eigenvalue weighted by atomic mass is 10.1. The second-order valence-corrected chi connectivity index (χ2v) is 14.2. The van der Waals surface area contributed by atoms with Crippen LogP contribution in [0.5, 0.6) is 0 Å². The van der Waals surface area contributed by atoms with Crippen molar-refractivity contribution in [2.24, 2.45) is 0 Å². The molecule has 0 N–H and O–H groups in total. The Morgan fingerprint density at radius 2 is 1.19 bits per heavy atom. The van der Waals surface area contributed by atoms with Crippen LogP contribution in [-0.2, 0) is 35.7 Å². The summed E-state index contributed by atoms with van der Waals surface area (Å²) in [5, 5.41) is 9.12. The molecule has 10 nitrogen and oxygen atoms in total. The molecule has 2 aliphatic heterocycles. The average Bonchev–Trinajstić information content (AvgIpc) is 3.57. The van der Waals surface area contributed by atoms with Crippen molar-refractivity contribution < 1.29 is 27.8 Å². The largest absolute Gasteiger partial charge is 0.444 e. The van der Waals surface area contributed by atoms with Gasteiger partial charge < -0.3 is 19.3 Å². The molecule has 0 spiro atoms. The van der Waals surface area contributed by atoms with Gasteiger partial charge in [-0.2, -0.15) is 10.2 Å². The van der Waals surface area contributed by atoms with E-state index >= 15 is 0 Å². The summed E-state index contributed by atoms with van der Waals surface area (Å²) in [7, 11) is 0. The van der Waals surface area contributed by atoms with E-state index in [1.165, 1.54) is 24.3 Å². The van der Waals surface area contributed by atoms with Crippen LogP contribution in [0.2, 0.25) is 0 Å². The van der Waals surface area contributed by atoms with Gasteiger partial charge in [0.05, 0.1) is 47.7 Å². The molecular weight excluding hydrogens is 674 g/mol. The van der Waals surface area contributed by atoms with Crippen LogP contribution < -0.4 is 0 Å². The quantitative estimate of drug-likeness (QED) is 0.212. The summed E-state index contributed by atoms with van der Waals surface area (Å²) in [5.41, 5.74) is 4.04. The van der Waals surface area contributed by atoms with Crippen LogP contribution in [0.3, 0.4) is 0 Å². The Kier molecular flexibility index (Phi) is 9.76. The molecule has 0 fully saturated rings. The molecule has 2 amide bonds. The summed E-state index contributed by atoms with van der Waals surface area (Å²) in [5.74, 6) is -0.552. The number of fused-ring (bicyclic) bond motifs is 2. The first kappa shape index (κ1) is 34.1. The zero-order chi connectivity index (χ0) is 34.1. The van der Waals surface area contributed by atoms with E-state index in [0.717, 1.165) is 38.4 Å². The molecule has 250 valence electrons. The van der Waals surface area contributed by atoms with Gasteiger partial charge in [-0.3, -0.25) is 9.36 Å². The summed E-state index contributed by atoms with van der Waals surface area (Å²) < 4.78 is 41.6. The van der Waals surface area contributed by atoms with Gasteiger partial charge in [0.2, 0.25) is 0 Å². The zero-order valence-electron chi connectivity index (χ0n) is 27.4. The second-order valence-electron chi connectivity index (χ2n) is 13.4. The molecule has 4 aromatic rings. The highest BCUT2D eigenvalue weighted by atomic mass is 79.9. The first-order valence-electron chi connectivity index (χ1n) is 15.4. The number of carbonyl (C=O) groups is 2. The lowest BCUT2D eigenvalue weighted by Gasteiger charge is -2.30. The molecule has 0 saturated heterocycles. The van der Waals surface area contributed by atoms with E-state index in [1.54, 1.807) is 34.1 Å². The Morgan fingerprint density at radius 1 is 0.702 bits per heavy atom. The highest BCUT2D eigenvalue weighted by Gasteiger charge is 2.30. The number of rotatable bonds is 2. The molecule has 0 aliphatic carbocycles. The SMILES string of the molecule is CC(C)(C)OC(=O)N1CCn2nc(-c3ccc(F)cc3)c(Br)c2C1.CC(C)(C)OC(=O)N1CCn2nc(-c3ccc(F)cc3)cc2C1. The molecule has 0 atom stereocenters. The van der Waals surface area contributed by atoms with Crippen molar-refractivity contribution in [3.63, 3.8) is 0 Å². The molecule has 6 rings (SSSR count). The van der Waals surface area contributed by atoms with Crippen LogP contribution in [0.4, 0.5) is 18.4 Å². The minimum Gasteiger partial charge on any atom is -0.444 e. The number of hydrogen-bond donors (Lipinski definition) is 0. The predicted octanol–water partition coefficient (Wildman–Crippen LogP) is 7.64. The van der Waals surface area contributed by atoms with Gasteiger partial charge in [-0.05, 0) is 112 Å². The maximum absolute atomic E-state index is 13.1. The van der Waals surface area contributed by atoms with Gasteiger partial charge in [0.25, 0.3) is 0 Å². The van der Waals surface area contributed by atoms with Gasteiger partial charge in [0.1, 0.15) is 28.5 Å². The minimum absolute atomic E-state index is 0.270. The maximum Gasteiger partial charge on any atom is 0.410 e. The van der Waals surface area contributed by atoms with E-state index in [9.17, 15) is 18.4 Å². The van der Waals surface area contributed by atoms with Crippen molar-refractivity contribution in [1.29, 1.82) is 0 Å². The third-order valence-corrected chi connectivity index (χ3v) is 8.11. The van der Waals surface area contributed by atoms with Crippen LogP contribution >= 0.6 is 15.9 Å². The Balaban J connectivity index is 0.000000185. The fourth-order valence-electron chi connectivity index (χ4n) is 5.07. The Bertz CT molecular complexity index is 1740. The standard InChI is InChI=1S/C17H19BrFN3O2.C17H20FN3O2/c1-17(2,3)24-16(23)21-8-9-22-13(10-21)14(18)15(20-22)11-4-6-12(19)7-5-11;1-17(2,3)23-16(22)20-8-9-21-14(11-20)10-15(19-21)12-4-6-13(18)7-5-12/h4-7H,8-10H2,1-3H3;4-7,10H,8-9,11H2,1-3H3. The van der Waals surface area contributed by atoms with E-state index in [0.29, 0.717) is 39.3 Å². The number of halogens is 3. The minimum atomic E-state index is -0.523. The van der Waals surface area contributed by atoms with Gasteiger partial charge >= 0.3 is 12.2 Å². The van der Waals surface area contributed by atoms with E-state index in [1.807, 2.05) is 57.0 Å². The van der Waals surface area contributed by atoms with Crippen LogP contribution in [-0.4, -0.2) is 65.8 Å². The molecule has 47 heavy (non-hydrogen) atoms. The number of aromatic nitrogens is 4. The van der Waals surface area contributed by atoms with Crippen LogP contribution in [0.1, 0.15) is 52.9 Å². The number of amides is 2.